The Morgan fingerprint density at radius 1 is 1.12 bits per heavy atom. The Kier molecular flexibility index (Phi) is 8.65. The first-order valence-corrected chi connectivity index (χ1v) is 11.6. The molecule has 1 fully saturated rings. The Morgan fingerprint density at radius 3 is 2.53 bits per heavy atom. The molecule has 172 valence electrons. The molecule has 0 atom stereocenters. The fourth-order valence-corrected chi connectivity index (χ4v) is 4.15. The molecule has 0 N–H and O–H groups in total. The highest BCUT2D eigenvalue weighted by atomic mass is 16.5. The highest BCUT2D eigenvalue weighted by Gasteiger charge is 2.24. The van der Waals surface area contributed by atoms with E-state index in [0.29, 0.717) is 24.6 Å². The number of carbonyl (C=O) groups excluding carboxylic acids is 2. The second-order valence-corrected chi connectivity index (χ2v) is 8.64. The van der Waals surface area contributed by atoms with Crippen LogP contribution in [0.2, 0.25) is 0 Å². The monoisotopic (exact) mass is 437 g/mol. The number of carbonyl (C=O) groups is 2. The van der Waals surface area contributed by atoms with Crippen molar-refractivity contribution in [3.63, 3.8) is 0 Å². The van der Waals surface area contributed by atoms with Crippen LogP contribution in [0.3, 0.4) is 0 Å². The molecule has 1 aromatic carbocycles. The van der Waals surface area contributed by atoms with Gasteiger partial charge in [0.05, 0.1) is 5.69 Å². The molecule has 0 aliphatic carbocycles. The third-order valence-electron chi connectivity index (χ3n) is 6.18. The van der Waals surface area contributed by atoms with Gasteiger partial charge in [-0.3, -0.25) is 14.6 Å². The SMILES string of the molecule is CCc1nc(C)ccc1OCC(=O)N1CCC(CCC(=O)N(C)Cc2ccccc2)CC1. The summed E-state index contributed by atoms with van der Waals surface area (Å²) in [7, 11) is 1.87. The number of hydrogen-bond donors (Lipinski definition) is 0. The lowest BCUT2D eigenvalue weighted by molar-refractivity contribution is -0.135. The van der Waals surface area contributed by atoms with Crippen LogP contribution in [0.5, 0.6) is 5.75 Å². The molecule has 1 aliphatic heterocycles. The third-order valence-corrected chi connectivity index (χ3v) is 6.18. The number of ether oxygens (including phenoxy) is 1. The minimum atomic E-state index is 0.0183. The van der Waals surface area contributed by atoms with Gasteiger partial charge in [-0.15, -0.1) is 0 Å². The molecule has 32 heavy (non-hydrogen) atoms. The number of hydrogen-bond acceptors (Lipinski definition) is 4. The largest absolute Gasteiger partial charge is 0.482 e. The van der Waals surface area contributed by atoms with E-state index in [9.17, 15) is 9.59 Å². The van der Waals surface area contributed by atoms with Crippen molar-refractivity contribution in [3.8, 4) is 5.75 Å². The van der Waals surface area contributed by atoms with Gasteiger partial charge >= 0.3 is 0 Å². The first-order chi connectivity index (χ1) is 15.5. The summed E-state index contributed by atoms with van der Waals surface area (Å²) in [4.78, 5) is 33.3. The van der Waals surface area contributed by atoms with E-state index in [1.54, 1.807) is 4.90 Å². The Morgan fingerprint density at radius 2 is 1.84 bits per heavy atom. The second kappa shape index (κ2) is 11.7. The molecular weight excluding hydrogens is 402 g/mol. The van der Waals surface area contributed by atoms with Gasteiger partial charge in [0.25, 0.3) is 5.91 Å². The Bertz CT molecular complexity index is 892. The average Bonchev–Trinajstić information content (AvgIpc) is 2.82. The maximum Gasteiger partial charge on any atom is 0.260 e. The molecule has 2 heterocycles. The lowest BCUT2D eigenvalue weighted by atomic mass is 9.92. The van der Waals surface area contributed by atoms with Crippen molar-refractivity contribution in [1.82, 2.24) is 14.8 Å². The predicted octanol–water partition coefficient (Wildman–Crippen LogP) is 4.01. The zero-order valence-corrected chi connectivity index (χ0v) is 19.5. The van der Waals surface area contributed by atoms with Gasteiger partial charge in [-0.05, 0) is 56.2 Å². The molecule has 2 amide bonds. The topological polar surface area (TPSA) is 62.7 Å². The van der Waals surface area contributed by atoms with E-state index in [1.165, 1.54) is 0 Å². The lowest BCUT2D eigenvalue weighted by Crippen LogP contribution is -2.41. The minimum Gasteiger partial charge on any atom is -0.482 e. The predicted molar refractivity (Wildman–Crippen MR) is 125 cm³/mol. The fourth-order valence-electron chi connectivity index (χ4n) is 4.15. The van der Waals surface area contributed by atoms with Crippen LogP contribution in [0, 0.1) is 12.8 Å². The van der Waals surface area contributed by atoms with Crippen molar-refractivity contribution in [3.05, 3.63) is 59.4 Å². The van der Waals surface area contributed by atoms with E-state index >= 15 is 0 Å². The molecule has 0 bridgehead atoms. The maximum absolute atomic E-state index is 12.6. The standard InChI is InChI=1S/C26H35N3O3/c1-4-23-24(12-10-20(2)27-23)32-19-26(31)29-16-14-21(15-17-29)11-13-25(30)28(3)18-22-8-6-5-7-9-22/h5-10,12,21H,4,11,13-19H2,1-3H3. The van der Waals surface area contributed by atoms with E-state index in [4.69, 9.17) is 4.74 Å². The van der Waals surface area contributed by atoms with Crippen molar-refractivity contribution >= 4 is 11.8 Å². The lowest BCUT2D eigenvalue weighted by Gasteiger charge is -2.32. The molecule has 0 spiro atoms. The highest BCUT2D eigenvalue weighted by molar-refractivity contribution is 5.78. The Hall–Kier alpha value is -2.89. The summed E-state index contributed by atoms with van der Waals surface area (Å²) >= 11 is 0. The normalized spacial score (nSPS) is 14.3. The van der Waals surface area contributed by atoms with Gasteiger partial charge in [0.15, 0.2) is 6.61 Å². The van der Waals surface area contributed by atoms with Crippen molar-refractivity contribution in [2.45, 2.75) is 52.5 Å². The van der Waals surface area contributed by atoms with Gasteiger partial charge in [0.2, 0.25) is 5.91 Å². The number of pyridine rings is 1. The third kappa shape index (κ3) is 6.81. The average molecular weight is 438 g/mol. The smallest absolute Gasteiger partial charge is 0.260 e. The first-order valence-electron chi connectivity index (χ1n) is 11.6. The van der Waals surface area contributed by atoms with Crippen molar-refractivity contribution in [2.24, 2.45) is 5.92 Å². The van der Waals surface area contributed by atoms with E-state index in [-0.39, 0.29) is 18.4 Å². The zero-order valence-electron chi connectivity index (χ0n) is 19.5. The molecule has 0 radical (unpaired) electrons. The number of piperidine rings is 1. The van der Waals surface area contributed by atoms with Crippen LogP contribution in [0.1, 0.15) is 49.6 Å². The summed E-state index contributed by atoms with van der Waals surface area (Å²) in [5, 5.41) is 0. The van der Waals surface area contributed by atoms with Crippen molar-refractivity contribution in [2.75, 3.05) is 26.7 Å². The second-order valence-electron chi connectivity index (χ2n) is 8.64. The van der Waals surface area contributed by atoms with Crippen LogP contribution in [0.15, 0.2) is 42.5 Å². The van der Waals surface area contributed by atoms with Gasteiger partial charge in [-0.25, -0.2) is 0 Å². The minimum absolute atomic E-state index is 0.0183. The molecule has 6 heteroatoms. The van der Waals surface area contributed by atoms with Gasteiger partial charge < -0.3 is 14.5 Å². The van der Waals surface area contributed by atoms with Crippen LogP contribution < -0.4 is 4.74 Å². The van der Waals surface area contributed by atoms with Crippen molar-refractivity contribution in [1.29, 1.82) is 0 Å². The summed E-state index contributed by atoms with van der Waals surface area (Å²) in [6, 6.07) is 13.9. The van der Waals surface area contributed by atoms with Gasteiger partial charge in [0.1, 0.15) is 5.75 Å². The molecule has 1 aliphatic rings. The highest BCUT2D eigenvalue weighted by Crippen LogP contribution is 2.23. The maximum atomic E-state index is 12.6. The number of aryl methyl sites for hydroxylation is 2. The van der Waals surface area contributed by atoms with Crippen LogP contribution in [0.4, 0.5) is 0 Å². The quantitative estimate of drug-likeness (QED) is 0.595. The molecular formula is C26H35N3O3. The van der Waals surface area contributed by atoms with Crippen molar-refractivity contribution < 1.29 is 14.3 Å². The molecule has 2 aromatic rings. The molecule has 0 saturated carbocycles. The van der Waals surface area contributed by atoms with E-state index in [1.807, 2.05) is 68.3 Å². The number of benzene rings is 1. The molecule has 1 aromatic heterocycles. The Balaban J connectivity index is 1.37. The molecule has 6 nitrogen and oxygen atoms in total. The van der Waals surface area contributed by atoms with Gasteiger partial charge in [0, 0.05) is 38.8 Å². The number of amides is 2. The summed E-state index contributed by atoms with van der Waals surface area (Å²) in [5.74, 6) is 1.38. The number of aromatic nitrogens is 1. The molecule has 0 unspecified atom stereocenters. The summed E-state index contributed by atoms with van der Waals surface area (Å²) in [6.45, 7) is 6.13. The van der Waals surface area contributed by atoms with E-state index < -0.39 is 0 Å². The van der Waals surface area contributed by atoms with Gasteiger partial charge in [-0.2, -0.15) is 0 Å². The summed E-state index contributed by atoms with van der Waals surface area (Å²) in [5.41, 5.74) is 2.98. The van der Waals surface area contributed by atoms with Crippen LogP contribution in [-0.2, 0) is 22.6 Å². The summed E-state index contributed by atoms with van der Waals surface area (Å²) in [6.07, 6.45) is 4.09. The van der Waals surface area contributed by atoms with Crippen LogP contribution in [0.25, 0.3) is 0 Å². The molecule has 1 saturated heterocycles. The number of likely N-dealkylation sites (tertiary alicyclic amines) is 1. The van der Waals surface area contributed by atoms with Gasteiger partial charge in [-0.1, -0.05) is 37.3 Å². The zero-order chi connectivity index (χ0) is 22.9. The van der Waals surface area contributed by atoms with E-state index in [2.05, 4.69) is 4.98 Å². The molecule has 3 rings (SSSR count). The fraction of sp³-hybridized carbons (Fsp3) is 0.500. The van der Waals surface area contributed by atoms with E-state index in [0.717, 1.165) is 55.7 Å². The van der Waals surface area contributed by atoms with Crippen LogP contribution in [-0.4, -0.2) is 53.3 Å². The Labute approximate surface area is 191 Å². The van der Waals surface area contributed by atoms with Crippen LogP contribution >= 0.6 is 0 Å². The first kappa shape index (κ1) is 23.8. The number of rotatable bonds is 9. The number of nitrogens with zero attached hydrogens (tertiary/aromatic N) is 3. The summed E-state index contributed by atoms with van der Waals surface area (Å²) < 4.78 is 5.78.